The first kappa shape index (κ1) is 18.4. The van der Waals surface area contributed by atoms with E-state index in [-0.39, 0.29) is 17.9 Å². The van der Waals surface area contributed by atoms with Gasteiger partial charge in [0.2, 0.25) is 4.96 Å². The number of nitrogens with zero attached hydrogens (tertiary/aromatic N) is 3. The highest BCUT2D eigenvalue weighted by Crippen LogP contribution is 2.32. The van der Waals surface area contributed by atoms with Crippen molar-refractivity contribution in [3.8, 4) is 5.75 Å². The Bertz CT molecular complexity index is 966. The van der Waals surface area contributed by atoms with Crippen LogP contribution < -0.4 is 10.1 Å². The molecule has 6 nitrogen and oxygen atoms in total. The first-order valence-corrected chi connectivity index (χ1v) is 9.33. The van der Waals surface area contributed by atoms with Gasteiger partial charge < -0.3 is 4.74 Å². The van der Waals surface area contributed by atoms with E-state index >= 15 is 0 Å². The summed E-state index contributed by atoms with van der Waals surface area (Å²) >= 11 is 1.55. The maximum atomic E-state index is 12.2. The third-order valence-electron chi connectivity index (χ3n) is 4.20. The Balaban J connectivity index is 1.69. The van der Waals surface area contributed by atoms with Gasteiger partial charge in [0, 0.05) is 4.88 Å². The van der Waals surface area contributed by atoms with Crippen molar-refractivity contribution in [2.75, 3.05) is 11.9 Å². The maximum Gasteiger partial charge on any atom is 0.264 e. The molecule has 138 valence electrons. The second-order valence-corrected chi connectivity index (χ2v) is 8.64. The fraction of sp³-hybridized carbons (Fsp3) is 0.421. The van der Waals surface area contributed by atoms with E-state index in [1.807, 2.05) is 32.9 Å². The summed E-state index contributed by atoms with van der Waals surface area (Å²) in [4.78, 5) is 18.5. The molecule has 3 aromatic rings. The lowest BCUT2D eigenvalue weighted by Crippen LogP contribution is -2.22. The van der Waals surface area contributed by atoms with Crippen LogP contribution in [-0.4, -0.2) is 27.1 Å². The quantitative estimate of drug-likeness (QED) is 0.751. The number of hydrogen-bond donors (Lipinski definition) is 1. The first-order valence-electron chi connectivity index (χ1n) is 8.51. The van der Waals surface area contributed by atoms with E-state index in [4.69, 9.17) is 4.74 Å². The topological polar surface area (TPSA) is 68.5 Å². The number of nitrogens with one attached hydrogen (secondary N) is 1. The predicted molar refractivity (Wildman–Crippen MR) is 104 cm³/mol. The molecule has 2 heterocycles. The third kappa shape index (κ3) is 3.72. The van der Waals surface area contributed by atoms with Gasteiger partial charge in [0.25, 0.3) is 11.9 Å². The summed E-state index contributed by atoms with van der Waals surface area (Å²) in [6.07, 6.45) is 0. The van der Waals surface area contributed by atoms with Crippen LogP contribution in [0.1, 0.15) is 42.5 Å². The highest BCUT2D eigenvalue weighted by atomic mass is 32.1. The van der Waals surface area contributed by atoms with Crippen LogP contribution in [0.2, 0.25) is 0 Å². The predicted octanol–water partition coefficient (Wildman–Crippen LogP) is 4.03. The number of aromatic nitrogens is 3. The van der Waals surface area contributed by atoms with E-state index in [0.29, 0.717) is 5.95 Å². The maximum absolute atomic E-state index is 12.2. The molecule has 3 rings (SSSR count). The van der Waals surface area contributed by atoms with Gasteiger partial charge in [-0.1, -0.05) is 49.8 Å². The third-order valence-corrected chi connectivity index (χ3v) is 5.25. The van der Waals surface area contributed by atoms with E-state index in [2.05, 4.69) is 42.2 Å². The second kappa shape index (κ2) is 6.72. The zero-order chi connectivity index (χ0) is 19.1. The van der Waals surface area contributed by atoms with Gasteiger partial charge >= 0.3 is 0 Å². The van der Waals surface area contributed by atoms with Crippen molar-refractivity contribution >= 4 is 28.2 Å². The molecule has 1 aromatic carbocycles. The van der Waals surface area contributed by atoms with Gasteiger partial charge in [-0.2, -0.15) is 4.98 Å². The number of ether oxygens (including phenoxy) is 1. The van der Waals surface area contributed by atoms with E-state index in [1.165, 1.54) is 5.56 Å². The molecule has 0 bridgehead atoms. The van der Waals surface area contributed by atoms with Crippen molar-refractivity contribution in [2.24, 2.45) is 0 Å². The van der Waals surface area contributed by atoms with Gasteiger partial charge in [-0.3, -0.25) is 10.1 Å². The molecule has 0 aliphatic heterocycles. The van der Waals surface area contributed by atoms with Crippen LogP contribution in [0.4, 0.5) is 5.95 Å². The Hall–Kier alpha value is -2.41. The lowest BCUT2D eigenvalue weighted by Gasteiger charge is -2.23. The average molecular weight is 372 g/mol. The number of hydrogen-bond acceptors (Lipinski definition) is 5. The molecule has 0 atom stereocenters. The van der Waals surface area contributed by atoms with Crippen LogP contribution in [-0.2, 0) is 10.2 Å². The fourth-order valence-electron chi connectivity index (χ4n) is 2.66. The van der Waals surface area contributed by atoms with E-state index in [1.54, 1.807) is 15.9 Å². The summed E-state index contributed by atoms with van der Waals surface area (Å²) in [6.45, 7) is 12.3. The molecule has 0 saturated carbocycles. The number of anilines is 1. The molecule has 0 spiro atoms. The first-order chi connectivity index (χ1) is 12.1. The van der Waals surface area contributed by atoms with E-state index in [9.17, 15) is 4.79 Å². The number of carbonyl (C=O) groups is 1. The Morgan fingerprint density at radius 2 is 2.00 bits per heavy atom. The number of thiazole rings is 1. The summed E-state index contributed by atoms with van der Waals surface area (Å²) in [7, 11) is 0. The normalized spacial score (nSPS) is 11.8. The van der Waals surface area contributed by atoms with E-state index < -0.39 is 0 Å². The molecule has 0 saturated heterocycles. The molecule has 1 amide bonds. The molecule has 7 heteroatoms. The molecule has 1 N–H and O–H groups in total. The van der Waals surface area contributed by atoms with Gasteiger partial charge in [0.15, 0.2) is 6.61 Å². The van der Waals surface area contributed by atoms with Crippen molar-refractivity contribution in [1.82, 2.24) is 14.6 Å². The molecule has 0 aliphatic rings. The average Bonchev–Trinajstić information content (AvgIpc) is 3.04. The SMILES string of the molecule is Cc1ccc(OCC(=O)Nc2nc3sc(C)c(C)n3n2)c(C(C)(C)C)c1. The molecule has 0 radical (unpaired) electrons. The van der Waals surface area contributed by atoms with Crippen molar-refractivity contribution in [2.45, 2.75) is 47.0 Å². The minimum absolute atomic E-state index is 0.0665. The summed E-state index contributed by atoms with van der Waals surface area (Å²) in [5, 5.41) is 7.03. The van der Waals surface area contributed by atoms with Gasteiger partial charge in [-0.25, -0.2) is 4.52 Å². The number of carbonyl (C=O) groups excluding carboxylic acids is 1. The van der Waals surface area contributed by atoms with Gasteiger partial charge in [-0.05, 0) is 37.8 Å². The van der Waals surface area contributed by atoms with Gasteiger partial charge in [0.05, 0.1) is 5.69 Å². The summed E-state index contributed by atoms with van der Waals surface area (Å²) in [6, 6.07) is 6.00. The van der Waals surface area contributed by atoms with E-state index in [0.717, 1.165) is 26.8 Å². The van der Waals surface area contributed by atoms with Crippen LogP contribution in [0.3, 0.4) is 0 Å². The van der Waals surface area contributed by atoms with Gasteiger partial charge in [0.1, 0.15) is 5.75 Å². The molecule has 0 aliphatic carbocycles. The lowest BCUT2D eigenvalue weighted by atomic mass is 9.85. The molecular formula is C19H24N4O2S. The van der Waals surface area contributed by atoms with Crippen LogP contribution in [0.15, 0.2) is 18.2 Å². The molecule has 26 heavy (non-hydrogen) atoms. The zero-order valence-electron chi connectivity index (χ0n) is 16.0. The molecule has 2 aromatic heterocycles. The van der Waals surface area contributed by atoms with Crippen LogP contribution in [0.25, 0.3) is 4.96 Å². The number of amides is 1. The van der Waals surface area contributed by atoms with Crippen molar-refractivity contribution in [3.63, 3.8) is 0 Å². The Morgan fingerprint density at radius 3 is 2.65 bits per heavy atom. The highest BCUT2D eigenvalue weighted by Gasteiger charge is 2.20. The Morgan fingerprint density at radius 1 is 1.27 bits per heavy atom. The monoisotopic (exact) mass is 372 g/mol. The van der Waals surface area contributed by atoms with Crippen LogP contribution in [0.5, 0.6) is 5.75 Å². The molecule has 0 fully saturated rings. The fourth-order valence-corrected chi connectivity index (χ4v) is 3.56. The van der Waals surface area contributed by atoms with Gasteiger partial charge in [-0.15, -0.1) is 5.10 Å². The van der Waals surface area contributed by atoms with Crippen LogP contribution >= 0.6 is 11.3 Å². The van der Waals surface area contributed by atoms with Crippen LogP contribution in [0, 0.1) is 20.8 Å². The van der Waals surface area contributed by atoms with Crippen molar-refractivity contribution in [1.29, 1.82) is 0 Å². The Labute approximate surface area is 157 Å². The standard InChI is InChI=1S/C19H24N4O2S/c1-11-7-8-15(14(9-11)19(4,5)6)25-10-16(24)20-17-21-18-23(22-17)12(2)13(3)26-18/h7-9H,10H2,1-6H3,(H,20,22,24). The summed E-state index contributed by atoms with van der Waals surface area (Å²) in [5.74, 6) is 0.745. The highest BCUT2D eigenvalue weighted by molar-refractivity contribution is 7.17. The number of aryl methyl sites for hydroxylation is 3. The number of fused-ring (bicyclic) bond motifs is 1. The Kier molecular flexibility index (Phi) is 4.75. The van der Waals surface area contributed by atoms with Crippen molar-refractivity contribution in [3.05, 3.63) is 39.9 Å². The number of rotatable bonds is 4. The van der Waals surface area contributed by atoms with Crippen molar-refractivity contribution < 1.29 is 9.53 Å². The molecule has 0 unspecified atom stereocenters. The summed E-state index contributed by atoms with van der Waals surface area (Å²) < 4.78 is 7.52. The largest absolute Gasteiger partial charge is 0.483 e. The minimum Gasteiger partial charge on any atom is -0.483 e. The minimum atomic E-state index is -0.280. The zero-order valence-corrected chi connectivity index (χ0v) is 16.8. The lowest BCUT2D eigenvalue weighted by molar-refractivity contribution is -0.118. The summed E-state index contributed by atoms with van der Waals surface area (Å²) in [5.41, 5.74) is 3.21. The number of benzene rings is 1. The smallest absolute Gasteiger partial charge is 0.264 e. The molecular weight excluding hydrogens is 348 g/mol. The second-order valence-electron chi connectivity index (χ2n) is 7.46.